The van der Waals surface area contributed by atoms with Crippen molar-refractivity contribution in [3.8, 4) is 0 Å². The number of hydrogen-bond donors (Lipinski definition) is 3. The lowest BCUT2D eigenvalue weighted by molar-refractivity contribution is -0.121. The van der Waals surface area contributed by atoms with E-state index in [-0.39, 0.29) is 11.9 Å². The zero-order valence-electron chi connectivity index (χ0n) is 18.1. The maximum atomic E-state index is 11.5. The van der Waals surface area contributed by atoms with Crippen LogP contribution in [0.25, 0.3) is 0 Å². The first-order valence-electron chi connectivity index (χ1n) is 9.70. The van der Waals surface area contributed by atoms with Crippen molar-refractivity contribution in [1.82, 2.24) is 10.6 Å². The normalized spacial score (nSPS) is 16.2. The van der Waals surface area contributed by atoms with Gasteiger partial charge in [-0.15, -0.1) is 0 Å². The van der Waals surface area contributed by atoms with Gasteiger partial charge in [-0.1, -0.05) is 58.9 Å². The van der Waals surface area contributed by atoms with E-state index in [1.54, 1.807) is 0 Å². The minimum Gasteiger partial charge on any atom is -0.349 e. The topological polar surface area (TPSA) is 84.2 Å². The highest BCUT2D eigenvalue weighted by Gasteiger charge is 2.26. The summed E-state index contributed by atoms with van der Waals surface area (Å²) in [5, 5.41) is 6.44. The minimum absolute atomic E-state index is 0.132. The van der Waals surface area contributed by atoms with Crippen LogP contribution in [0.5, 0.6) is 0 Å². The lowest BCUT2D eigenvalue weighted by atomic mass is 9.84. The second-order valence-corrected chi connectivity index (χ2v) is 4.76. The Labute approximate surface area is 161 Å². The maximum Gasteiger partial charge on any atom is 0.220 e. The summed E-state index contributed by atoms with van der Waals surface area (Å²) in [6.45, 7) is 11.3. The molecule has 1 aromatic rings. The molecule has 5 heteroatoms. The molecule has 4 N–H and O–H groups in total. The summed E-state index contributed by atoms with van der Waals surface area (Å²) >= 11 is 0. The summed E-state index contributed by atoms with van der Waals surface area (Å²) in [5.74, 6) is 0.132. The molecule has 1 aliphatic carbocycles. The van der Waals surface area contributed by atoms with Gasteiger partial charge in [-0.25, -0.2) is 0 Å². The first-order valence-corrected chi connectivity index (χ1v) is 9.70. The van der Waals surface area contributed by atoms with E-state index in [9.17, 15) is 4.79 Å². The van der Waals surface area contributed by atoms with Gasteiger partial charge in [0.2, 0.25) is 5.91 Å². The molecular weight excluding hydrogens is 326 g/mol. The van der Waals surface area contributed by atoms with E-state index < -0.39 is 0 Å². The van der Waals surface area contributed by atoms with Crippen molar-refractivity contribution in [2.24, 2.45) is 5.73 Å². The molecule has 0 fully saturated rings. The van der Waals surface area contributed by atoms with Crippen LogP contribution in [0, 0.1) is 0 Å². The Morgan fingerprint density at radius 3 is 1.85 bits per heavy atom. The number of nitrogens with two attached hydrogens (primary N) is 1. The van der Waals surface area contributed by atoms with Crippen LogP contribution in [0.1, 0.15) is 84.0 Å². The number of nitrogens with one attached hydrogen (secondary N) is 2. The summed E-state index contributed by atoms with van der Waals surface area (Å²) in [6, 6.07) is 8.99. The lowest BCUT2D eigenvalue weighted by Crippen LogP contribution is -2.33. The van der Waals surface area contributed by atoms with Crippen LogP contribution in [0.3, 0.4) is 0 Å². The molecule has 1 aliphatic rings. The summed E-state index contributed by atoms with van der Waals surface area (Å²) in [7, 11) is 3.49. The summed E-state index contributed by atoms with van der Waals surface area (Å²) in [6.07, 6.45) is 3.38. The average molecular weight is 368 g/mol. The van der Waals surface area contributed by atoms with E-state index in [1.807, 2.05) is 47.7 Å². The molecule has 0 aliphatic heterocycles. The number of hydrogen-bond acceptors (Lipinski definition) is 4. The zero-order valence-corrected chi connectivity index (χ0v) is 18.1. The van der Waals surface area contributed by atoms with Crippen LogP contribution in [-0.2, 0) is 9.59 Å². The van der Waals surface area contributed by atoms with Crippen LogP contribution >= 0.6 is 0 Å². The molecule has 0 saturated carbocycles. The van der Waals surface area contributed by atoms with E-state index in [0.29, 0.717) is 12.5 Å². The molecule has 152 valence electrons. The summed E-state index contributed by atoms with van der Waals surface area (Å²) < 4.78 is 0. The van der Waals surface area contributed by atoms with Crippen LogP contribution in [0.2, 0.25) is 0 Å². The third kappa shape index (κ3) is 11.0. The highest BCUT2D eigenvalue weighted by molar-refractivity contribution is 5.76. The summed E-state index contributed by atoms with van der Waals surface area (Å²) in [4.78, 5) is 20.3. The molecule has 0 heterocycles. The standard InChI is InChI=1S/C14H20N2O.C2H4O.2C2H6.CH5N/c1-3-14(17)16-13-9-8-12(15-2)10-6-4-5-7-11(10)13;1-2-3;3*1-2/h4-7,12-13,15H,3,8-9H2,1-2H3,(H,16,17);2H,1H3;2*1-2H3;2H2,1H3. The number of fused-ring (bicyclic) bond motifs is 1. The van der Waals surface area contributed by atoms with Gasteiger partial charge in [0.25, 0.3) is 0 Å². The Bertz CT molecular complexity index is 451. The molecule has 0 spiro atoms. The lowest BCUT2D eigenvalue weighted by Gasteiger charge is -2.31. The predicted molar refractivity (Wildman–Crippen MR) is 113 cm³/mol. The first-order chi connectivity index (χ1) is 12.7. The fourth-order valence-electron chi connectivity index (χ4n) is 2.54. The zero-order chi connectivity index (χ0) is 21.0. The first kappa shape index (κ1) is 29.1. The third-order valence-electron chi connectivity index (χ3n) is 3.50. The van der Waals surface area contributed by atoms with Crippen LogP contribution in [0.4, 0.5) is 0 Å². The van der Waals surface area contributed by atoms with Crippen LogP contribution in [0.15, 0.2) is 24.3 Å². The number of rotatable bonds is 3. The molecule has 1 aromatic carbocycles. The quantitative estimate of drug-likeness (QED) is 0.701. The maximum absolute atomic E-state index is 11.5. The number of carbonyl (C=O) groups is 2. The Morgan fingerprint density at radius 1 is 1.08 bits per heavy atom. The van der Waals surface area contributed by atoms with Gasteiger partial charge in [0.15, 0.2) is 0 Å². The second-order valence-electron chi connectivity index (χ2n) is 4.76. The van der Waals surface area contributed by atoms with Crippen molar-refractivity contribution in [1.29, 1.82) is 0 Å². The molecule has 26 heavy (non-hydrogen) atoms. The fraction of sp³-hybridized carbons (Fsp3) is 0.619. The predicted octanol–water partition coefficient (Wildman–Crippen LogP) is 4.14. The Hall–Kier alpha value is -1.72. The van der Waals surface area contributed by atoms with Gasteiger partial charge >= 0.3 is 0 Å². The number of benzene rings is 1. The van der Waals surface area contributed by atoms with Gasteiger partial charge in [0.1, 0.15) is 6.29 Å². The van der Waals surface area contributed by atoms with Crippen LogP contribution in [-0.4, -0.2) is 26.3 Å². The van der Waals surface area contributed by atoms with Gasteiger partial charge in [-0.05, 0) is 45.0 Å². The molecule has 0 saturated heterocycles. The van der Waals surface area contributed by atoms with E-state index >= 15 is 0 Å². The van der Waals surface area contributed by atoms with Crippen molar-refractivity contribution < 1.29 is 9.59 Å². The molecule has 2 atom stereocenters. The second kappa shape index (κ2) is 21.3. The van der Waals surface area contributed by atoms with Crippen molar-refractivity contribution in [2.45, 2.75) is 72.9 Å². The van der Waals surface area contributed by atoms with Gasteiger partial charge in [0, 0.05) is 12.5 Å². The molecule has 2 unspecified atom stereocenters. The molecule has 0 radical (unpaired) electrons. The molecule has 2 rings (SSSR count). The van der Waals surface area contributed by atoms with E-state index in [0.717, 1.165) is 19.1 Å². The fourth-order valence-corrected chi connectivity index (χ4v) is 2.54. The highest BCUT2D eigenvalue weighted by Crippen LogP contribution is 2.35. The molecule has 0 bridgehead atoms. The molecule has 0 aromatic heterocycles. The largest absolute Gasteiger partial charge is 0.349 e. The summed E-state index contributed by atoms with van der Waals surface area (Å²) in [5.41, 5.74) is 7.09. The van der Waals surface area contributed by atoms with Gasteiger partial charge in [-0.2, -0.15) is 0 Å². The molecular formula is C21H41N3O2. The van der Waals surface area contributed by atoms with E-state index in [2.05, 4.69) is 34.6 Å². The Morgan fingerprint density at radius 2 is 1.46 bits per heavy atom. The van der Waals surface area contributed by atoms with Crippen molar-refractivity contribution in [3.63, 3.8) is 0 Å². The van der Waals surface area contributed by atoms with Crippen molar-refractivity contribution >= 4 is 12.2 Å². The SMILES string of the molecule is CC.CC.CC=O.CCC(=O)NC1CCC(NC)c2ccccc21.CN. The van der Waals surface area contributed by atoms with Crippen LogP contribution < -0.4 is 16.4 Å². The van der Waals surface area contributed by atoms with Gasteiger partial charge < -0.3 is 21.2 Å². The van der Waals surface area contributed by atoms with Gasteiger partial charge in [0.05, 0.1) is 6.04 Å². The number of carbonyl (C=O) groups excluding carboxylic acids is 2. The third-order valence-corrected chi connectivity index (χ3v) is 3.50. The highest BCUT2D eigenvalue weighted by atomic mass is 16.1. The van der Waals surface area contributed by atoms with E-state index in [1.165, 1.54) is 25.1 Å². The molecule has 5 nitrogen and oxygen atoms in total. The number of amides is 1. The Kier molecular flexibility index (Phi) is 23.8. The van der Waals surface area contributed by atoms with E-state index in [4.69, 9.17) is 4.79 Å². The monoisotopic (exact) mass is 367 g/mol. The molecule has 1 amide bonds. The average Bonchev–Trinajstić information content (AvgIpc) is 2.73. The smallest absolute Gasteiger partial charge is 0.220 e. The Balaban J connectivity index is -0.000000509. The minimum atomic E-state index is 0.132. The van der Waals surface area contributed by atoms with Crippen molar-refractivity contribution in [3.05, 3.63) is 35.4 Å². The van der Waals surface area contributed by atoms with Crippen molar-refractivity contribution in [2.75, 3.05) is 14.1 Å². The number of aldehydes is 1. The van der Waals surface area contributed by atoms with Gasteiger partial charge in [-0.3, -0.25) is 4.79 Å².